The molecule has 28 heavy (non-hydrogen) atoms. The number of esters is 1. The second kappa shape index (κ2) is 11.8. The summed E-state index contributed by atoms with van der Waals surface area (Å²) in [5, 5.41) is 22.8. The summed E-state index contributed by atoms with van der Waals surface area (Å²) in [6.07, 6.45) is 5.98. The van der Waals surface area contributed by atoms with E-state index in [1.54, 1.807) is 6.92 Å². The molecule has 1 aliphatic rings. The Hall–Kier alpha value is -1.92. The number of benzene rings is 1. The number of carboxylic acids is 1. The highest BCUT2D eigenvalue weighted by Gasteiger charge is 2.24. The molecule has 6 nitrogen and oxygen atoms in total. The van der Waals surface area contributed by atoms with E-state index in [0.717, 1.165) is 24.0 Å². The molecule has 0 bridgehead atoms. The smallest absolute Gasteiger partial charge is 0.321 e. The first kappa shape index (κ1) is 22.4. The zero-order valence-corrected chi connectivity index (χ0v) is 16.7. The molecule has 1 saturated carbocycles. The van der Waals surface area contributed by atoms with E-state index in [2.05, 4.69) is 5.32 Å². The number of carbonyl (C=O) groups excluding carboxylic acids is 1. The van der Waals surface area contributed by atoms with Crippen LogP contribution in [0.4, 0.5) is 0 Å². The minimum Gasteiger partial charge on any atom is -0.480 e. The maximum Gasteiger partial charge on any atom is 0.321 e. The molecule has 1 aromatic rings. The SMILES string of the molecule is CCOC(=O)CCc1cccc(CC(NCCC(O)C2CCCC2)C(=O)O)c1. The van der Waals surface area contributed by atoms with Gasteiger partial charge in [0.25, 0.3) is 0 Å². The van der Waals surface area contributed by atoms with Crippen LogP contribution in [0.1, 0.15) is 56.6 Å². The minimum absolute atomic E-state index is 0.223. The third kappa shape index (κ3) is 7.60. The minimum atomic E-state index is -0.896. The van der Waals surface area contributed by atoms with Crippen LogP contribution in [0.2, 0.25) is 0 Å². The second-order valence-electron chi connectivity index (χ2n) is 7.57. The summed E-state index contributed by atoms with van der Waals surface area (Å²) in [5.74, 6) is -0.757. The number of ether oxygens (including phenoxy) is 1. The van der Waals surface area contributed by atoms with Crippen molar-refractivity contribution in [3.8, 4) is 0 Å². The van der Waals surface area contributed by atoms with Crippen LogP contribution >= 0.6 is 0 Å². The van der Waals surface area contributed by atoms with Gasteiger partial charge in [0.05, 0.1) is 12.7 Å². The molecule has 2 unspecified atom stereocenters. The van der Waals surface area contributed by atoms with Crippen molar-refractivity contribution in [2.45, 2.75) is 70.4 Å². The van der Waals surface area contributed by atoms with Gasteiger partial charge in [0.1, 0.15) is 6.04 Å². The molecule has 0 radical (unpaired) electrons. The monoisotopic (exact) mass is 391 g/mol. The first-order valence-corrected chi connectivity index (χ1v) is 10.4. The van der Waals surface area contributed by atoms with E-state index in [-0.39, 0.29) is 12.1 Å². The van der Waals surface area contributed by atoms with E-state index in [9.17, 15) is 19.8 Å². The number of rotatable bonds is 12. The maximum atomic E-state index is 11.6. The molecule has 2 atom stereocenters. The Kier molecular flexibility index (Phi) is 9.44. The fraction of sp³-hybridized carbons (Fsp3) is 0.636. The van der Waals surface area contributed by atoms with Gasteiger partial charge in [0, 0.05) is 6.42 Å². The zero-order chi connectivity index (χ0) is 20.4. The van der Waals surface area contributed by atoms with E-state index in [0.29, 0.717) is 44.8 Å². The van der Waals surface area contributed by atoms with Crippen LogP contribution in [0.25, 0.3) is 0 Å². The normalized spacial score (nSPS) is 16.6. The van der Waals surface area contributed by atoms with E-state index in [1.165, 1.54) is 12.8 Å². The van der Waals surface area contributed by atoms with Crippen LogP contribution in [-0.4, -0.2) is 47.4 Å². The van der Waals surface area contributed by atoms with Gasteiger partial charge in [-0.25, -0.2) is 0 Å². The average molecular weight is 392 g/mol. The number of aliphatic hydroxyl groups is 1. The summed E-state index contributed by atoms with van der Waals surface area (Å²) < 4.78 is 4.94. The first-order chi connectivity index (χ1) is 13.5. The van der Waals surface area contributed by atoms with Crippen molar-refractivity contribution in [3.63, 3.8) is 0 Å². The number of carbonyl (C=O) groups is 2. The lowest BCUT2D eigenvalue weighted by Gasteiger charge is -2.20. The molecule has 6 heteroatoms. The Morgan fingerprint density at radius 1 is 1.25 bits per heavy atom. The number of carboxylic acid groups (broad SMARTS) is 1. The lowest BCUT2D eigenvalue weighted by Crippen LogP contribution is -2.40. The molecule has 0 aliphatic heterocycles. The quantitative estimate of drug-likeness (QED) is 0.474. The number of nitrogens with one attached hydrogen (secondary N) is 1. The number of aliphatic carboxylic acids is 1. The van der Waals surface area contributed by atoms with Gasteiger partial charge in [0.2, 0.25) is 0 Å². The van der Waals surface area contributed by atoms with E-state index < -0.39 is 12.0 Å². The predicted molar refractivity (Wildman–Crippen MR) is 107 cm³/mol. The lowest BCUT2D eigenvalue weighted by molar-refractivity contribution is -0.143. The van der Waals surface area contributed by atoms with Crippen molar-refractivity contribution in [2.75, 3.05) is 13.2 Å². The summed E-state index contributed by atoms with van der Waals surface area (Å²) in [7, 11) is 0. The second-order valence-corrected chi connectivity index (χ2v) is 7.57. The van der Waals surface area contributed by atoms with E-state index in [1.807, 2.05) is 24.3 Å². The van der Waals surface area contributed by atoms with Crippen molar-refractivity contribution in [1.29, 1.82) is 0 Å². The maximum absolute atomic E-state index is 11.6. The molecule has 3 N–H and O–H groups in total. The van der Waals surface area contributed by atoms with Gasteiger partial charge < -0.3 is 20.3 Å². The topological polar surface area (TPSA) is 95.9 Å². The molecule has 1 aliphatic carbocycles. The van der Waals surface area contributed by atoms with Gasteiger partial charge in [-0.05, 0) is 62.6 Å². The molecule has 0 aromatic heterocycles. The average Bonchev–Trinajstić information content (AvgIpc) is 3.21. The molecule has 0 amide bonds. The zero-order valence-electron chi connectivity index (χ0n) is 16.7. The Labute approximate surface area is 167 Å². The van der Waals surface area contributed by atoms with Gasteiger partial charge in [-0.2, -0.15) is 0 Å². The van der Waals surface area contributed by atoms with Crippen LogP contribution < -0.4 is 5.32 Å². The first-order valence-electron chi connectivity index (χ1n) is 10.4. The number of aliphatic hydroxyl groups excluding tert-OH is 1. The fourth-order valence-electron chi connectivity index (χ4n) is 3.86. The van der Waals surface area contributed by atoms with Crippen LogP contribution in [0.15, 0.2) is 24.3 Å². The third-order valence-electron chi connectivity index (χ3n) is 5.43. The fourth-order valence-corrected chi connectivity index (χ4v) is 3.86. The lowest BCUT2D eigenvalue weighted by atomic mass is 9.98. The molecule has 0 heterocycles. The summed E-state index contributed by atoms with van der Waals surface area (Å²) in [5.41, 5.74) is 1.91. The molecule has 2 rings (SSSR count). The number of hydrogen-bond acceptors (Lipinski definition) is 5. The summed E-state index contributed by atoms with van der Waals surface area (Å²) >= 11 is 0. The van der Waals surface area contributed by atoms with Crippen molar-refractivity contribution in [2.24, 2.45) is 5.92 Å². The van der Waals surface area contributed by atoms with E-state index in [4.69, 9.17) is 4.74 Å². The highest BCUT2D eigenvalue weighted by atomic mass is 16.5. The van der Waals surface area contributed by atoms with Gasteiger partial charge >= 0.3 is 11.9 Å². The molecular weight excluding hydrogens is 358 g/mol. The molecule has 1 aromatic carbocycles. The molecule has 156 valence electrons. The largest absolute Gasteiger partial charge is 0.480 e. The summed E-state index contributed by atoms with van der Waals surface area (Å²) in [4.78, 5) is 23.1. The van der Waals surface area contributed by atoms with Crippen LogP contribution in [0.5, 0.6) is 0 Å². The summed E-state index contributed by atoms with van der Waals surface area (Å²) in [6.45, 7) is 2.64. The van der Waals surface area contributed by atoms with Crippen LogP contribution in [0, 0.1) is 5.92 Å². The third-order valence-corrected chi connectivity index (χ3v) is 5.43. The van der Waals surface area contributed by atoms with Gasteiger partial charge in [-0.1, -0.05) is 37.1 Å². The van der Waals surface area contributed by atoms with Gasteiger partial charge in [0.15, 0.2) is 0 Å². The predicted octanol–water partition coefficient (Wildman–Crippen LogP) is 2.71. The highest BCUT2D eigenvalue weighted by molar-refractivity contribution is 5.74. The Morgan fingerprint density at radius 3 is 2.64 bits per heavy atom. The molecule has 0 saturated heterocycles. The van der Waals surface area contributed by atoms with E-state index >= 15 is 0 Å². The van der Waals surface area contributed by atoms with Crippen molar-refractivity contribution >= 4 is 11.9 Å². The van der Waals surface area contributed by atoms with Crippen molar-refractivity contribution in [1.82, 2.24) is 5.32 Å². The van der Waals surface area contributed by atoms with Gasteiger partial charge in [-0.15, -0.1) is 0 Å². The Morgan fingerprint density at radius 2 is 1.96 bits per heavy atom. The molecule has 0 spiro atoms. The number of aryl methyl sites for hydroxylation is 1. The van der Waals surface area contributed by atoms with Gasteiger partial charge in [-0.3, -0.25) is 9.59 Å². The standard InChI is InChI=1S/C22H33NO5/c1-2-28-21(25)11-10-16-6-5-7-17(14-16)15-19(22(26)27)23-13-12-20(24)18-8-3-4-9-18/h5-7,14,18-20,23-24H,2-4,8-13,15H2,1H3,(H,26,27). The summed E-state index contributed by atoms with van der Waals surface area (Å²) in [6, 6.07) is 6.97. The van der Waals surface area contributed by atoms with Crippen molar-refractivity contribution in [3.05, 3.63) is 35.4 Å². The molecular formula is C22H33NO5. The Balaban J connectivity index is 1.82. The highest BCUT2D eigenvalue weighted by Crippen LogP contribution is 2.28. The van der Waals surface area contributed by atoms with Crippen molar-refractivity contribution < 1.29 is 24.5 Å². The number of hydrogen-bond donors (Lipinski definition) is 3. The van der Waals surface area contributed by atoms with Crippen LogP contribution in [-0.2, 0) is 27.2 Å². The Bertz CT molecular complexity index is 627. The van der Waals surface area contributed by atoms with Crippen LogP contribution in [0.3, 0.4) is 0 Å². The molecule has 1 fully saturated rings.